The number of carbonyl (C=O) groups excluding carboxylic acids is 2. The summed E-state index contributed by atoms with van der Waals surface area (Å²) in [6, 6.07) is 5.69. The summed E-state index contributed by atoms with van der Waals surface area (Å²) in [5, 5.41) is -0.219. The summed E-state index contributed by atoms with van der Waals surface area (Å²) in [6.45, 7) is 2.63. The van der Waals surface area contributed by atoms with Gasteiger partial charge in [0, 0.05) is 17.2 Å². The van der Waals surface area contributed by atoms with Gasteiger partial charge in [-0.3, -0.25) is 9.59 Å². The summed E-state index contributed by atoms with van der Waals surface area (Å²) in [7, 11) is 0. The third kappa shape index (κ3) is 1.77. The van der Waals surface area contributed by atoms with Crippen LogP contribution in [0.4, 0.5) is 0 Å². The Labute approximate surface area is 108 Å². The van der Waals surface area contributed by atoms with Crippen LogP contribution in [0.25, 0.3) is 0 Å². The quantitative estimate of drug-likeness (QED) is 0.720. The summed E-state index contributed by atoms with van der Waals surface area (Å²) < 4.78 is 0. The highest BCUT2D eigenvalue weighted by atomic mass is 32.2. The number of benzene rings is 1. The predicted octanol–water partition coefficient (Wildman–Crippen LogP) is 2.14. The van der Waals surface area contributed by atoms with E-state index in [4.69, 9.17) is 0 Å². The number of hydrogen-bond donors (Lipinski definition) is 0. The first-order chi connectivity index (χ1) is 8.16. The minimum atomic E-state index is -0.291. The first-order valence-electron chi connectivity index (χ1n) is 5.42. The Bertz CT molecular complexity index is 515. The van der Waals surface area contributed by atoms with Gasteiger partial charge in [0.1, 0.15) is 5.37 Å². The molecule has 1 aromatic carbocycles. The number of carbonyl (C=O) groups is 2. The molecule has 0 radical (unpaired) electrons. The van der Waals surface area contributed by atoms with Crippen molar-refractivity contribution >= 4 is 34.5 Å². The molecule has 1 fully saturated rings. The second-order valence-electron chi connectivity index (χ2n) is 4.14. The van der Waals surface area contributed by atoms with Crippen LogP contribution in [0.3, 0.4) is 0 Å². The maximum Gasteiger partial charge on any atom is 0.256 e. The van der Waals surface area contributed by atoms with Crippen LogP contribution in [0.5, 0.6) is 0 Å². The van der Waals surface area contributed by atoms with Crippen LogP contribution >= 0.6 is 23.5 Å². The molecule has 1 amide bonds. The van der Waals surface area contributed by atoms with Crippen LogP contribution in [-0.2, 0) is 4.79 Å². The predicted molar refractivity (Wildman–Crippen MR) is 69.3 cm³/mol. The van der Waals surface area contributed by atoms with Crippen molar-refractivity contribution in [3.63, 3.8) is 0 Å². The number of nitrogens with zero attached hydrogens (tertiary/aromatic N) is 1. The van der Waals surface area contributed by atoms with E-state index in [2.05, 4.69) is 0 Å². The maximum absolute atomic E-state index is 12.4. The molecule has 2 aliphatic rings. The van der Waals surface area contributed by atoms with Crippen molar-refractivity contribution in [1.82, 2.24) is 4.90 Å². The Hall–Kier alpha value is -0.940. The lowest BCUT2D eigenvalue weighted by Crippen LogP contribution is -2.36. The highest BCUT2D eigenvalue weighted by Crippen LogP contribution is 2.38. The van der Waals surface area contributed by atoms with Crippen molar-refractivity contribution in [2.75, 3.05) is 12.3 Å². The molecular formula is C12H11NO2S2. The number of aryl methyl sites for hydroxylation is 1. The number of fused-ring (bicyclic) bond motifs is 2. The third-order valence-electron chi connectivity index (χ3n) is 2.93. The second kappa shape index (κ2) is 4.07. The van der Waals surface area contributed by atoms with E-state index in [1.54, 1.807) is 16.7 Å². The van der Waals surface area contributed by atoms with Crippen molar-refractivity contribution in [3.05, 3.63) is 29.3 Å². The third-order valence-corrected chi connectivity index (χ3v) is 5.28. The van der Waals surface area contributed by atoms with Gasteiger partial charge in [-0.1, -0.05) is 11.6 Å². The van der Waals surface area contributed by atoms with Crippen molar-refractivity contribution in [1.29, 1.82) is 0 Å². The van der Waals surface area contributed by atoms with Gasteiger partial charge in [-0.25, -0.2) is 0 Å². The van der Waals surface area contributed by atoms with Crippen LogP contribution in [0, 0.1) is 6.92 Å². The molecule has 3 nitrogen and oxygen atoms in total. The molecule has 0 N–H and O–H groups in total. The fourth-order valence-corrected chi connectivity index (χ4v) is 4.31. The van der Waals surface area contributed by atoms with Gasteiger partial charge in [0.25, 0.3) is 5.91 Å². The average molecular weight is 265 g/mol. The Morgan fingerprint density at radius 1 is 1.35 bits per heavy atom. The first kappa shape index (κ1) is 11.2. The summed E-state index contributed by atoms with van der Waals surface area (Å²) in [5.74, 6) is 0.848. The van der Waals surface area contributed by atoms with E-state index in [0.29, 0.717) is 12.1 Å². The molecule has 1 aromatic rings. The highest BCUT2D eigenvalue weighted by molar-refractivity contribution is 8.16. The summed E-state index contributed by atoms with van der Waals surface area (Å²) >= 11 is 2.76. The monoisotopic (exact) mass is 265 g/mol. The molecule has 0 saturated carbocycles. The lowest BCUT2D eigenvalue weighted by molar-refractivity contribution is -0.112. The molecule has 17 heavy (non-hydrogen) atoms. The molecule has 0 aromatic heterocycles. The molecule has 0 aliphatic carbocycles. The number of hydrogen-bond acceptors (Lipinski definition) is 4. The van der Waals surface area contributed by atoms with E-state index < -0.39 is 0 Å². The van der Waals surface area contributed by atoms with Crippen molar-refractivity contribution < 1.29 is 9.59 Å². The summed E-state index contributed by atoms with van der Waals surface area (Å²) in [6.07, 6.45) is 0. The van der Waals surface area contributed by atoms with Crippen molar-refractivity contribution in [2.45, 2.75) is 17.2 Å². The Morgan fingerprint density at radius 3 is 3.00 bits per heavy atom. The molecule has 5 heteroatoms. The molecule has 1 saturated heterocycles. The summed E-state index contributed by atoms with van der Waals surface area (Å²) in [4.78, 5) is 26.9. The number of amides is 1. The molecule has 0 bridgehead atoms. The van der Waals surface area contributed by atoms with Gasteiger partial charge in [-0.15, -0.1) is 11.8 Å². The highest BCUT2D eigenvalue weighted by Gasteiger charge is 2.39. The molecule has 1 atom stereocenters. The molecule has 0 spiro atoms. The van der Waals surface area contributed by atoms with Crippen molar-refractivity contribution in [3.8, 4) is 0 Å². The largest absolute Gasteiger partial charge is 0.318 e. The van der Waals surface area contributed by atoms with E-state index >= 15 is 0 Å². The van der Waals surface area contributed by atoms with Crippen LogP contribution in [0.15, 0.2) is 23.1 Å². The van der Waals surface area contributed by atoms with E-state index in [9.17, 15) is 9.59 Å². The van der Waals surface area contributed by atoms with Crippen LogP contribution in [-0.4, -0.2) is 33.6 Å². The van der Waals surface area contributed by atoms with Gasteiger partial charge in [0.05, 0.1) is 5.56 Å². The van der Waals surface area contributed by atoms with Gasteiger partial charge >= 0.3 is 0 Å². The van der Waals surface area contributed by atoms with Crippen molar-refractivity contribution in [2.24, 2.45) is 0 Å². The van der Waals surface area contributed by atoms with E-state index in [1.807, 2.05) is 25.1 Å². The fraction of sp³-hybridized carbons (Fsp3) is 0.333. The van der Waals surface area contributed by atoms with E-state index in [-0.39, 0.29) is 16.4 Å². The maximum atomic E-state index is 12.4. The average Bonchev–Trinajstić information content (AvgIpc) is 2.76. The van der Waals surface area contributed by atoms with E-state index in [0.717, 1.165) is 16.2 Å². The second-order valence-corrected chi connectivity index (χ2v) is 6.38. The van der Waals surface area contributed by atoms with Crippen LogP contribution in [0.1, 0.15) is 15.9 Å². The SMILES string of the molecule is Cc1ccc2c(c1)C(=O)N1CCS[C@H]1C(=O)S2. The van der Waals surface area contributed by atoms with Gasteiger partial charge in [0.2, 0.25) is 5.12 Å². The standard InChI is InChI=1S/C12H11NO2S2/c1-7-2-3-9-8(6-7)10(14)13-4-5-16-11(13)12(15)17-9/h2-3,6,11H,4-5H2,1H3/t11-/m0/s1. The fourth-order valence-electron chi connectivity index (χ4n) is 2.09. The van der Waals surface area contributed by atoms with Gasteiger partial charge in [-0.05, 0) is 30.8 Å². The minimum Gasteiger partial charge on any atom is -0.318 e. The zero-order valence-electron chi connectivity index (χ0n) is 9.30. The van der Waals surface area contributed by atoms with Gasteiger partial charge in [-0.2, -0.15) is 0 Å². The molecule has 3 rings (SSSR count). The topological polar surface area (TPSA) is 37.4 Å². The molecule has 2 heterocycles. The molecule has 0 unspecified atom stereocenters. The lowest BCUT2D eigenvalue weighted by atomic mass is 10.1. The zero-order chi connectivity index (χ0) is 12.0. The lowest BCUT2D eigenvalue weighted by Gasteiger charge is -2.19. The number of rotatable bonds is 0. The first-order valence-corrected chi connectivity index (χ1v) is 7.28. The molecule has 88 valence electrons. The van der Waals surface area contributed by atoms with Crippen LogP contribution < -0.4 is 0 Å². The smallest absolute Gasteiger partial charge is 0.256 e. The Kier molecular flexibility index (Phi) is 2.67. The minimum absolute atomic E-state index is 0.00273. The number of thioether (sulfide) groups is 2. The normalized spacial score (nSPS) is 23.4. The zero-order valence-corrected chi connectivity index (χ0v) is 10.9. The van der Waals surface area contributed by atoms with E-state index in [1.165, 1.54) is 11.8 Å². The van der Waals surface area contributed by atoms with Gasteiger partial charge < -0.3 is 4.90 Å². The summed E-state index contributed by atoms with van der Waals surface area (Å²) in [5.41, 5.74) is 1.73. The van der Waals surface area contributed by atoms with Gasteiger partial charge in [0.15, 0.2) is 0 Å². The Morgan fingerprint density at radius 2 is 2.18 bits per heavy atom. The van der Waals surface area contributed by atoms with Crippen LogP contribution in [0.2, 0.25) is 0 Å². The molecular weight excluding hydrogens is 254 g/mol. The molecule has 2 aliphatic heterocycles. The Balaban J connectivity index is 2.12.